The molecule has 4 radical (unpaired) electrons. The van der Waals surface area contributed by atoms with Crippen LogP contribution in [0.1, 0.15) is 62.1 Å². The zero-order chi connectivity index (χ0) is 14.1. The van der Waals surface area contributed by atoms with Crippen LogP contribution in [0.3, 0.4) is 0 Å². The Morgan fingerprint density at radius 2 is 1.43 bits per heavy atom. The Morgan fingerprint density at radius 3 is 2.00 bits per heavy atom. The summed E-state index contributed by atoms with van der Waals surface area (Å²) >= 11 is 0. The van der Waals surface area contributed by atoms with Gasteiger partial charge in [0.05, 0.1) is 13.2 Å². The van der Waals surface area contributed by atoms with Gasteiger partial charge < -0.3 is 15.3 Å². The van der Waals surface area contributed by atoms with E-state index in [1.165, 1.54) is 32.1 Å². The fourth-order valence-electron chi connectivity index (χ4n) is 2.43. The first-order valence-electron chi connectivity index (χ1n) is 7.28. The quantitative estimate of drug-likeness (QED) is 0.423. The molecule has 3 N–H and O–H groups in total. The molecule has 0 aromatic heterocycles. The first-order valence-corrected chi connectivity index (χ1v) is 7.28. The van der Waals surface area contributed by atoms with Crippen LogP contribution in [0.25, 0.3) is 0 Å². The van der Waals surface area contributed by atoms with Gasteiger partial charge >= 0.3 is 0 Å². The number of aliphatic hydroxyl groups excluding tert-OH is 2. The number of hydrogen-bond acceptors (Lipinski definition) is 3. The van der Waals surface area contributed by atoms with Gasteiger partial charge in [-0.1, -0.05) is 45.1 Å². The van der Waals surface area contributed by atoms with Crippen molar-refractivity contribution in [2.75, 3.05) is 0 Å². The standard InChI is InChI=1S/C16H26O3.ClH.Sn/c1-2-3-4-5-6-7-8-13-9-10-16(19)15(12-18)14(13)11-17;;/h9-10,17-19H,2-8,11-12H2,1H3;1H;. The summed E-state index contributed by atoms with van der Waals surface area (Å²) in [6, 6.07) is 3.46. The fourth-order valence-corrected chi connectivity index (χ4v) is 2.43. The summed E-state index contributed by atoms with van der Waals surface area (Å²) in [5.41, 5.74) is 2.20. The topological polar surface area (TPSA) is 60.7 Å². The SMILES string of the molecule is CCCCCCCCc1ccc(O)c(CO)c1CO.Cl.[Sn]. The molecule has 0 aliphatic rings. The van der Waals surface area contributed by atoms with Crippen LogP contribution in [0.5, 0.6) is 5.75 Å². The molecule has 0 spiro atoms. The molecule has 0 fully saturated rings. The van der Waals surface area contributed by atoms with E-state index in [9.17, 15) is 15.3 Å². The van der Waals surface area contributed by atoms with Gasteiger partial charge in [0.1, 0.15) is 5.75 Å². The molecule has 0 amide bonds. The molecular formula is C16H27ClO3Sn. The largest absolute Gasteiger partial charge is 0.508 e. The number of phenols is 1. The number of aryl methyl sites for hydroxylation is 1. The van der Waals surface area contributed by atoms with Crippen LogP contribution in [-0.2, 0) is 19.6 Å². The van der Waals surface area contributed by atoms with Crippen molar-refractivity contribution in [3.8, 4) is 5.75 Å². The summed E-state index contributed by atoms with van der Waals surface area (Å²) in [4.78, 5) is 0. The molecule has 0 unspecified atom stereocenters. The van der Waals surface area contributed by atoms with E-state index < -0.39 is 0 Å². The third-order valence-corrected chi connectivity index (χ3v) is 3.62. The molecule has 1 aromatic carbocycles. The number of aromatic hydroxyl groups is 1. The molecule has 0 bridgehead atoms. The molecule has 1 rings (SSSR count). The second-order valence-corrected chi connectivity index (χ2v) is 5.03. The Hall–Kier alpha value is 0.0287. The number of halogens is 1. The maximum absolute atomic E-state index is 9.64. The Morgan fingerprint density at radius 1 is 0.857 bits per heavy atom. The van der Waals surface area contributed by atoms with E-state index in [2.05, 4.69) is 6.92 Å². The fraction of sp³-hybridized carbons (Fsp3) is 0.625. The van der Waals surface area contributed by atoms with Gasteiger partial charge in [-0.05, 0) is 30.0 Å². The van der Waals surface area contributed by atoms with Crippen LogP contribution in [0.4, 0.5) is 0 Å². The number of unbranched alkanes of at least 4 members (excludes halogenated alkanes) is 5. The molecule has 3 nitrogen and oxygen atoms in total. The Balaban J connectivity index is 0. The third kappa shape index (κ3) is 7.73. The molecule has 0 heterocycles. The monoisotopic (exact) mass is 422 g/mol. The van der Waals surface area contributed by atoms with Crippen LogP contribution in [0.2, 0.25) is 0 Å². The van der Waals surface area contributed by atoms with E-state index in [4.69, 9.17) is 0 Å². The summed E-state index contributed by atoms with van der Waals surface area (Å²) in [6.45, 7) is 1.85. The van der Waals surface area contributed by atoms with Crippen molar-refractivity contribution in [3.63, 3.8) is 0 Å². The first kappa shape index (κ1) is 23.3. The van der Waals surface area contributed by atoms with Crippen LogP contribution in [0, 0.1) is 0 Å². The van der Waals surface area contributed by atoms with Gasteiger partial charge in [0.15, 0.2) is 0 Å². The van der Waals surface area contributed by atoms with Gasteiger partial charge in [-0.3, -0.25) is 0 Å². The van der Waals surface area contributed by atoms with Crippen molar-refractivity contribution >= 4 is 36.3 Å². The van der Waals surface area contributed by atoms with Crippen LogP contribution in [-0.4, -0.2) is 39.2 Å². The van der Waals surface area contributed by atoms with Gasteiger partial charge in [-0.15, -0.1) is 12.4 Å². The number of rotatable bonds is 9. The molecule has 0 aliphatic heterocycles. The Bertz CT molecular complexity index is 386. The molecule has 21 heavy (non-hydrogen) atoms. The van der Waals surface area contributed by atoms with E-state index in [-0.39, 0.29) is 55.3 Å². The van der Waals surface area contributed by atoms with Crippen LogP contribution >= 0.6 is 12.4 Å². The normalized spacial score (nSPS) is 9.86. The maximum atomic E-state index is 9.64. The van der Waals surface area contributed by atoms with Crippen molar-refractivity contribution in [3.05, 3.63) is 28.8 Å². The first-order chi connectivity index (χ1) is 9.24. The average molecular weight is 422 g/mol. The minimum absolute atomic E-state index is 0. The molecule has 0 atom stereocenters. The summed E-state index contributed by atoms with van der Waals surface area (Å²) in [5, 5.41) is 28.3. The van der Waals surface area contributed by atoms with E-state index >= 15 is 0 Å². The molecule has 0 saturated carbocycles. The summed E-state index contributed by atoms with van der Waals surface area (Å²) < 4.78 is 0. The van der Waals surface area contributed by atoms with E-state index in [0.29, 0.717) is 11.1 Å². The molecule has 0 aliphatic carbocycles. The molecule has 0 saturated heterocycles. The summed E-state index contributed by atoms with van der Waals surface area (Å²) in [6.07, 6.45) is 8.29. The van der Waals surface area contributed by atoms with Crippen molar-refractivity contribution in [1.29, 1.82) is 0 Å². The smallest absolute Gasteiger partial charge is 0.121 e. The van der Waals surface area contributed by atoms with Crippen LogP contribution < -0.4 is 0 Å². The maximum Gasteiger partial charge on any atom is 0.121 e. The predicted molar refractivity (Wildman–Crippen MR) is 90.0 cm³/mol. The zero-order valence-electron chi connectivity index (χ0n) is 12.8. The molecular weight excluding hydrogens is 394 g/mol. The molecule has 120 valence electrons. The van der Waals surface area contributed by atoms with Gasteiger partial charge in [0.2, 0.25) is 0 Å². The summed E-state index contributed by atoms with van der Waals surface area (Å²) in [7, 11) is 0. The predicted octanol–water partition coefficient (Wildman–Crippen LogP) is 3.32. The number of hydrogen-bond donors (Lipinski definition) is 3. The van der Waals surface area contributed by atoms with Gasteiger partial charge in [0, 0.05) is 29.5 Å². The molecule has 5 heteroatoms. The van der Waals surface area contributed by atoms with E-state index in [1.807, 2.05) is 6.07 Å². The number of aliphatic hydroxyl groups is 2. The third-order valence-electron chi connectivity index (χ3n) is 3.62. The minimum Gasteiger partial charge on any atom is -0.508 e. The van der Waals surface area contributed by atoms with Gasteiger partial charge in [0.25, 0.3) is 0 Å². The van der Waals surface area contributed by atoms with Crippen LogP contribution in [0.15, 0.2) is 12.1 Å². The summed E-state index contributed by atoms with van der Waals surface area (Å²) in [5.74, 6) is 0.0678. The van der Waals surface area contributed by atoms with Crippen molar-refractivity contribution in [2.24, 2.45) is 0 Å². The zero-order valence-corrected chi connectivity index (χ0v) is 16.4. The minimum atomic E-state index is -0.230. The second kappa shape index (κ2) is 13.7. The Labute approximate surface area is 151 Å². The Kier molecular flexibility index (Phi) is 15.2. The van der Waals surface area contributed by atoms with E-state index in [1.54, 1.807) is 6.07 Å². The van der Waals surface area contributed by atoms with Crippen molar-refractivity contribution in [2.45, 2.75) is 65.1 Å². The van der Waals surface area contributed by atoms with Gasteiger partial charge in [-0.25, -0.2) is 0 Å². The van der Waals surface area contributed by atoms with Crippen molar-refractivity contribution in [1.82, 2.24) is 0 Å². The number of benzene rings is 1. The second-order valence-electron chi connectivity index (χ2n) is 5.03. The van der Waals surface area contributed by atoms with E-state index in [0.717, 1.165) is 18.4 Å². The molecule has 1 aromatic rings. The van der Waals surface area contributed by atoms with Crippen molar-refractivity contribution < 1.29 is 15.3 Å². The van der Waals surface area contributed by atoms with Gasteiger partial charge in [-0.2, -0.15) is 0 Å². The average Bonchev–Trinajstić information content (AvgIpc) is 2.43.